The molecule has 0 aromatic heterocycles. The number of aliphatic hydroxyl groups excluding tert-OH is 1. The number of hydrogen-bond acceptors (Lipinski definition) is 7. The van der Waals surface area contributed by atoms with Crippen LogP contribution in [0.4, 0.5) is 13.2 Å². The van der Waals surface area contributed by atoms with Gasteiger partial charge in [-0.2, -0.15) is 24.9 Å². The van der Waals surface area contributed by atoms with E-state index in [1.165, 1.54) is 25.0 Å². The summed E-state index contributed by atoms with van der Waals surface area (Å²) >= 11 is 1.86. The van der Waals surface area contributed by atoms with Gasteiger partial charge in [-0.3, -0.25) is 24.0 Å². The monoisotopic (exact) mass is 735 g/mol. The van der Waals surface area contributed by atoms with Crippen LogP contribution in [0.15, 0.2) is 30.3 Å². The van der Waals surface area contributed by atoms with Gasteiger partial charge in [0, 0.05) is 19.3 Å². The molecule has 0 heterocycles. The topological polar surface area (TPSA) is 180 Å². The van der Waals surface area contributed by atoms with E-state index in [1.54, 1.807) is 30.3 Å². The average molecular weight is 736 g/mol. The fourth-order valence-electron chi connectivity index (χ4n) is 4.20. The Labute approximate surface area is 300 Å². The summed E-state index contributed by atoms with van der Waals surface area (Å²) in [5.74, 6) is -2.49. The van der Waals surface area contributed by atoms with Crippen LogP contribution in [0.2, 0.25) is 0 Å². The lowest BCUT2D eigenvalue weighted by molar-refractivity contribution is -0.212. The van der Waals surface area contributed by atoms with Crippen LogP contribution in [0.5, 0.6) is 0 Å². The van der Waals surface area contributed by atoms with Gasteiger partial charge in [-0.25, -0.2) is 0 Å². The van der Waals surface area contributed by atoms with E-state index in [1.807, 2.05) is 17.1 Å². The van der Waals surface area contributed by atoms with Gasteiger partial charge in [0.25, 0.3) is 0 Å². The molecule has 0 aliphatic rings. The minimum Gasteiger partial charge on any atom is -0.382 e. The predicted octanol–water partition coefficient (Wildman–Crippen LogP) is 4.55. The zero-order chi connectivity index (χ0) is 38.4. The van der Waals surface area contributed by atoms with Gasteiger partial charge in [-0.1, -0.05) is 103 Å². The third-order valence-electron chi connectivity index (χ3n) is 6.86. The van der Waals surface area contributed by atoms with Crippen LogP contribution in [0, 0.1) is 0 Å². The maximum Gasteiger partial charge on any atom is 0.416 e. The van der Waals surface area contributed by atoms with Crippen molar-refractivity contribution in [1.82, 2.24) is 21.3 Å². The number of thioether (sulfide) groups is 1. The summed E-state index contributed by atoms with van der Waals surface area (Å²) in [4.78, 5) is 60.9. The molecule has 0 aliphatic heterocycles. The number of hydrogen-bond donors (Lipinski definition) is 6. The lowest BCUT2D eigenvalue weighted by atomic mass is 10.0. The molecule has 7 N–H and O–H groups in total. The molecule has 0 bridgehead atoms. The van der Waals surface area contributed by atoms with Gasteiger partial charge in [0.15, 0.2) is 6.10 Å². The van der Waals surface area contributed by atoms with Crippen molar-refractivity contribution >= 4 is 41.3 Å². The number of alkyl halides is 3. The van der Waals surface area contributed by atoms with Gasteiger partial charge in [0.1, 0.15) is 6.04 Å². The number of unbranched alkanes of at least 4 members (excludes halogenated alkanes) is 6. The first-order chi connectivity index (χ1) is 23.7. The van der Waals surface area contributed by atoms with Crippen molar-refractivity contribution in [3.8, 4) is 0 Å². The van der Waals surface area contributed by atoms with Crippen molar-refractivity contribution in [1.29, 1.82) is 0 Å². The Hall–Kier alpha value is -3.33. The van der Waals surface area contributed by atoms with E-state index in [2.05, 4.69) is 49.9 Å². The Kier molecular flexibility index (Phi) is 29.7. The number of nitrogens with one attached hydrogen (secondary N) is 4. The van der Waals surface area contributed by atoms with Crippen LogP contribution >= 0.6 is 11.8 Å². The molecule has 1 aromatic rings. The van der Waals surface area contributed by atoms with Gasteiger partial charge in [0.05, 0.1) is 19.1 Å². The standard InChI is InChI=1S/C29H44F3N5O6.C3H8S.C3H8/c1-2-3-4-5-6-7-11-14-24(39)34-18-25(40)37-22(17-20-12-9-8-10-13-20)28(43)35-19-26(41)36-21(15-16-23(33)38)27(42)29(30,31)32;1-3-4-2;1-3-2/h8-10,12-13,21-22,27,42H,2-7,11,14-19H2,1H3,(H2,33,38)(H,34,39)(H,35,43)(H,36,41)(H,37,40);3H2,1-2H3;3H2,1-2H3. The second-order valence-corrected chi connectivity index (χ2v) is 12.8. The first-order valence-electron chi connectivity index (χ1n) is 17.3. The Morgan fingerprint density at radius 3 is 1.84 bits per heavy atom. The molecular formula is C35H60F3N5O6S. The van der Waals surface area contributed by atoms with Crippen LogP contribution in [0.25, 0.3) is 0 Å². The van der Waals surface area contributed by atoms with E-state index >= 15 is 0 Å². The highest BCUT2D eigenvalue weighted by Crippen LogP contribution is 2.24. The molecule has 0 aliphatic carbocycles. The van der Waals surface area contributed by atoms with E-state index in [4.69, 9.17) is 5.73 Å². The number of nitrogens with two attached hydrogens (primary N) is 1. The Balaban J connectivity index is 0. The minimum absolute atomic E-state index is 0.0278. The van der Waals surface area contributed by atoms with Crippen molar-refractivity contribution in [2.24, 2.45) is 5.73 Å². The van der Waals surface area contributed by atoms with Crippen LogP contribution < -0.4 is 27.0 Å². The molecule has 0 saturated carbocycles. The number of aliphatic hydroxyl groups is 1. The van der Waals surface area contributed by atoms with Crippen molar-refractivity contribution in [3.05, 3.63) is 35.9 Å². The van der Waals surface area contributed by atoms with Crippen LogP contribution in [-0.4, -0.2) is 84.1 Å². The summed E-state index contributed by atoms with van der Waals surface area (Å²) in [6.45, 7) is 7.39. The number of amides is 5. The third-order valence-corrected chi connectivity index (χ3v) is 7.44. The van der Waals surface area contributed by atoms with Crippen molar-refractivity contribution < 1.29 is 42.3 Å². The van der Waals surface area contributed by atoms with Crippen molar-refractivity contribution in [2.75, 3.05) is 25.1 Å². The molecule has 0 saturated heterocycles. The Bertz CT molecular complexity index is 1080. The summed E-state index contributed by atoms with van der Waals surface area (Å²) in [6.07, 6.45) is 1.80. The number of carbonyl (C=O) groups excluding carboxylic acids is 5. The molecule has 3 unspecified atom stereocenters. The summed E-state index contributed by atoms with van der Waals surface area (Å²) in [6, 6.07) is 5.59. The first kappa shape index (κ1) is 48.8. The summed E-state index contributed by atoms with van der Waals surface area (Å²) in [7, 11) is 0. The van der Waals surface area contributed by atoms with E-state index < -0.39 is 67.4 Å². The maximum absolute atomic E-state index is 13.0. The van der Waals surface area contributed by atoms with E-state index in [9.17, 15) is 42.3 Å². The SMILES string of the molecule is CCC.CCCCCCCCCC(=O)NCC(=O)NC(Cc1ccccc1)C(=O)NCC(=O)NC(CCC(N)=O)C(O)C(F)(F)F.CCSC. The average Bonchev–Trinajstić information content (AvgIpc) is 3.07. The highest BCUT2D eigenvalue weighted by Gasteiger charge is 2.44. The maximum atomic E-state index is 13.0. The van der Waals surface area contributed by atoms with Gasteiger partial charge >= 0.3 is 6.18 Å². The van der Waals surface area contributed by atoms with Crippen LogP contribution in [0.1, 0.15) is 104 Å². The fraction of sp³-hybridized carbons (Fsp3) is 0.686. The molecule has 0 fully saturated rings. The molecule has 11 nitrogen and oxygen atoms in total. The molecular weight excluding hydrogens is 675 g/mol. The lowest BCUT2D eigenvalue weighted by Crippen LogP contribution is -2.54. The first-order valence-corrected chi connectivity index (χ1v) is 18.7. The molecule has 1 rings (SSSR count). The van der Waals surface area contributed by atoms with E-state index in [0.717, 1.165) is 25.7 Å². The number of halogens is 3. The van der Waals surface area contributed by atoms with E-state index in [-0.39, 0.29) is 25.3 Å². The molecule has 5 amide bonds. The minimum atomic E-state index is -5.08. The highest BCUT2D eigenvalue weighted by atomic mass is 32.2. The van der Waals surface area contributed by atoms with E-state index in [0.29, 0.717) is 12.0 Å². The predicted molar refractivity (Wildman–Crippen MR) is 193 cm³/mol. The van der Waals surface area contributed by atoms with Gasteiger partial charge in [-0.15, -0.1) is 0 Å². The molecule has 0 spiro atoms. The fourth-order valence-corrected chi connectivity index (χ4v) is 4.20. The zero-order valence-corrected chi connectivity index (χ0v) is 31.1. The molecule has 50 heavy (non-hydrogen) atoms. The number of primary amides is 1. The molecule has 1 aromatic carbocycles. The lowest BCUT2D eigenvalue weighted by Gasteiger charge is -2.26. The largest absolute Gasteiger partial charge is 0.416 e. The molecule has 288 valence electrons. The summed E-state index contributed by atoms with van der Waals surface area (Å²) in [5.41, 5.74) is 5.65. The molecule has 15 heteroatoms. The molecule has 0 radical (unpaired) electrons. The normalized spacial score (nSPS) is 12.4. The quantitative estimate of drug-likeness (QED) is 0.0946. The van der Waals surface area contributed by atoms with Crippen LogP contribution in [-0.2, 0) is 30.4 Å². The third kappa shape index (κ3) is 27.5. The van der Waals surface area contributed by atoms with Crippen molar-refractivity contribution in [2.45, 2.75) is 129 Å². The number of carbonyl (C=O) groups is 5. The summed E-state index contributed by atoms with van der Waals surface area (Å²) in [5, 5.41) is 18.8. The van der Waals surface area contributed by atoms with Gasteiger partial charge < -0.3 is 32.1 Å². The zero-order valence-electron chi connectivity index (χ0n) is 30.3. The van der Waals surface area contributed by atoms with Crippen molar-refractivity contribution in [3.63, 3.8) is 0 Å². The second kappa shape index (κ2) is 30.5. The van der Waals surface area contributed by atoms with Crippen LogP contribution in [0.3, 0.4) is 0 Å². The highest BCUT2D eigenvalue weighted by molar-refractivity contribution is 7.98. The number of benzene rings is 1. The Morgan fingerprint density at radius 2 is 1.32 bits per heavy atom. The Morgan fingerprint density at radius 1 is 0.800 bits per heavy atom. The smallest absolute Gasteiger partial charge is 0.382 e. The number of rotatable bonds is 22. The van der Waals surface area contributed by atoms with Gasteiger partial charge in [-0.05, 0) is 30.4 Å². The second-order valence-electron chi connectivity index (χ2n) is 11.6. The molecule has 3 atom stereocenters. The van der Waals surface area contributed by atoms with Gasteiger partial charge in [0.2, 0.25) is 29.5 Å². The summed E-state index contributed by atoms with van der Waals surface area (Å²) < 4.78 is 39.0.